The van der Waals surface area contributed by atoms with Gasteiger partial charge >= 0.3 is 5.69 Å². The van der Waals surface area contributed by atoms with Crippen LogP contribution in [0, 0.1) is 5.92 Å². The molecule has 1 amide bonds. The van der Waals surface area contributed by atoms with Crippen LogP contribution in [0.15, 0.2) is 28.2 Å². The second-order valence-electron chi connectivity index (χ2n) is 5.85. The van der Waals surface area contributed by atoms with Crippen LogP contribution in [-0.2, 0) is 25.3 Å². The van der Waals surface area contributed by atoms with E-state index in [4.69, 9.17) is 0 Å². The summed E-state index contributed by atoms with van der Waals surface area (Å²) < 4.78 is 2.80. The molecule has 8 heteroatoms. The van der Waals surface area contributed by atoms with Gasteiger partial charge in [0, 0.05) is 38.2 Å². The molecule has 0 fully saturated rings. The summed E-state index contributed by atoms with van der Waals surface area (Å²) in [5.74, 6) is 0.594. The van der Waals surface area contributed by atoms with Gasteiger partial charge in [-0.25, -0.2) is 9.78 Å². The zero-order valence-electron chi connectivity index (χ0n) is 13.7. The largest absolute Gasteiger partial charge is 0.346 e. The molecule has 8 nitrogen and oxygen atoms in total. The maximum absolute atomic E-state index is 12.3. The van der Waals surface area contributed by atoms with Gasteiger partial charge in [-0.05, 0) is 5.92 Å². The highest BCUT2D eigenvalue weighted by Crippen LogP contribution is 2.19. The summed E-state index contributed by atoms with van der Waals surface area (Å²) in [7, 11) is 3.23. The van der Waals surface area contributed by atoms with Crippen molar-refractivity contribution in [1.82, 2.24) is 24.4 Å². The van der Waals surface area contributed by atoms with Gasteiger partial charge in [-0.1, -0.05) is 13.8 Å². The lowest BCUT2D eigenvalue weighted by molar-refractivity contribution is -0.121. The van der Waals surface area contributed by atoms with Gasteiger partial charge in [0.05, 0.1) is 12.5 Å². The van der Waals surface area contributed by atoms with Gasteiger partial charge in [-0.2, -0.15) is 0 Å². The van der Waals surface area contributed by atoms with Crippen molar-refractivity contribution in [3.05, 3.63) is 50.8 Å². The predicted octanol–water partition coefficient (Wildman–Crippen LogP) is -0.137. The van der Waals surface area contributed by atoms with E-state index in [-0.39, 0.29) is 29.9 Å². The first kappa shape index (κ1) is 16.7. The molecule has 2 N–H and O–H groups in total. The number of aromatic nitrogens is 4. The fourth-order valence-electron chi connectivity index (χ4n) is 2.35. The molecule has 2 aromatic rings. The first-order valence-corrected chi connectivity index (χ1v) is 7.35. The number of H-pyrrole nitrogens is 1. The SMILES string of the molecule is CC(C)[C@H](NC(=O)Cc1c[nH]c(=O)n(C)c1=O)c1nccn1C. The van der Waals surface area contributed by atoms with Crippen molar-refractivity contribution < 1.29 is 4.79 Å². The number of aromatic amines is 1. The fraction of sp³-hybridized carbons (Fsp3) is 0.467. The van der Waals surface area contributed by atoms with Gasteiger partial charge in [-0.3, -0.25) is 14.2 Å². The second-order valence-corrected chi connectivity index (χ2v) is 5.85. The number of carbonyl (C=O) groups is 1. The smallest absolute Gasteiger partial charge is 0.328 e. The Kier molecular flexibility index (Phi) is 4.83. The molecular formula is C15H21N5O3. The lowest BCUT2D eigenvalue weighted by atomic mass is 10.0. The minimum Gasteiger partial charge on any atom is -0.346 e. The summed E-state index contributed by atoms with van der Waals surface area (Å²) in [6, 6.07) is -0.255. The number of carbonyl (C=O) groups excluding carboxylic acids is 1. The highest BCUT2D eigenvalue weighted by molar-refractivity contribution is 5.78. The maximum Gasteiger partial charge on any atom is 0.328 e. The Morgan fingerprint density at radius 1 is 1.35 bits per heavy atom. The van der Waals surface area contributed by atoms with E-state index in [1.54, 1.807) is 6.20 Å². The molecule has 2 rings (SSSR count). The molecule has 0 radical (unpaired) electrons. The van der Waals surface area contributed by atoms with E-state index in [0.717, 1.165) is 10.4 Å². The summed E-state index contributed by atoms with van der Waals surface area (Å²) in [5.41, 5.74) is -0.735. The number of nitrogens with one attached hydrogen (secondary N) is 2. The minimum absolute atomic E-state index is 0.100. The van der Waals surface area contributed by atoms with Crippen LogP contribution in [0.1, 0.15) is 31.3 Å². The standard InChI is InChI=1S/C15H21N5O3/c1-9(2)12(13-16-5-6-19(13)3)18-11(21)7-10-8-17-15(23)20(4)14(10)22/h5-6,8-9,12H,7H2,1-4H3,(H,17,23)(H,18,21)/t12-/m0/s1. The van der Waals surface area contributed by atoms with Gasteiger partial charge in [0.2, 0.25) is 5.91 Å². The average molecular weight is 319 g/mol. The summed E-state index contributed by atoms with van der Waals surface area (Å²) in [4.78, 5) is 42.3. The number of nitrogens with zero attached hydrogens (tertiary/aromatic N) is 3. The molecule has 0 bridgehead atoms. The molecule has 0 aliphatic heterocycles. The van der Waals surface area contributed by atoms with Crippen LogP contribution < -0.4 is 16.6 Å². The molecule has 23 heavy (non-hydrogen) atoms. The number of aryl methyl sites for hydroxylation is 1. The molecule has 2 aromatic heterocycles. The van der Waals surface area contributed by atoms with Gasteiger partial charge < -0.3 is 14.9 Å². The van der Waals surface area contributed by atoms with E-state index in [0.29, 0.717) is 0 Å². The number of rotatable bonds is 5. The molecule has 0 aromatic carbocycles. The highest BCUT2D eigenvalue weighted by Gasteiger charge is 2.22. The van der Waals surface area contributed by atoms with Crippen molar-refractivity contribution >= 4 is 5.91 Å². The Morgan fingerprint density at radius 2 is 2.04 bits per heavy atom. The van der Waals surface area contributed by atoms with Crippen molar-refractivity contribution in [3.63, 3.8) is 0 Å². The number of hydrogen-bond acceptors (Lipinski definition) is 4. The van der Waals surface area contributed by atoms with E-state index in [2.05, 4.69) is 15.3 Å². The van der Waals surface area contributed by atoms with E-state index in [1.807, 2.05) is 31.7 Å². The molecule has 124 valence electrons. The minimum atomic E-state index is -0.507. The van der Waals surface area contributed by atoms with Gasteiger partial charge in [0.1, 0.15) is 5.82 Å². The summed E-state index contributed by atoms with van der Waals surface area (Å²) in [6.45, 7) is 3.97. The van der Waals surface area contributed by atoms with E-state index < -0.39 is 11.2 Å². The van der Waals surface area contributed by atoms with Crippen LogP contribution in [0.4, 0.5) is 0 Å². The third-order valence-corrected chi connectivity index (χ3v) is 3.72. The monoisotopic (exact) mass is 319 g/mol. The van der Waals surface area contributed by atoms with Crippen LogP contribution >= 0.6 is 0 Å². The van der Waals surface area contributed by atoms with Crippen LogP contribution in [0.3, 0.4) is 0 Å². The second kappa shape index (κ2) is 6.64. The zero-order valence-corrected chi connectivity index (χ0v) is 13.7. The summed E-state index contributed by atoms with van der Waals surface area (Å²) >= 11 is 0. The normalized spacial score (nSPS) is 12.4. The maximum atomic E-state index is 12.3. The summed E-state index contributed by atoms with van der Waals surface area (Å²) in [5, 5.41) is 2.91. The number of hydrogen-bond donors (Lipinski definition) is 2. The first-order valence-electron chi connectivity index (χ1n) is 7.35. The van der Waals surface area contributed by atoms with E-state index >= 15 is 0 Å². The Bertz CT molecular complexity index is 815. The Labute approximate surface area is 133 Å². The molecular weight excluding hydrogens is 298 g/mol. The summed E-state index contributed by atoms with van der Waals surface area (Å²) in [6.07, 6.45) is 4.68. The quantitative estimate of drug-likeness (QED) is 0.801. The fourth-order valence-corrected chi connectivity index (χ4v) is 2.35. The Balaban J connectivity index is 2.18. The molecule has 0 aliphatic rings. The zero-order chi connectivity index (χ0) is 17.1. The third-order valence-electron chi connectivity index (χ3n) is 3.72. The first-order chi connectivity index (χ1) is 10.8. The van der Waals surface area contributed by atoms with E-state index in [1.165, 1.54) is 13.2 Å². The molecule has 0 saturated heterocycles. The molecule has 0 spiro atoms. The van der Waals surface area contributed by atoms with Crippen LogP contribution in [0.5, 0.6) is 0 Å². The molecule has 0 unspecified atom stereocenters. The topological polar surface area (TPSA) is 102 Å². The molecule has 2 heterocycles. The molecule has 0 aliphatic carbocycles. The van der Waals surface area contributed by atoms with Crippen molar-refractivity contribution in [2.75, 3.05) is 0 Å². The van der Waals surface area contributed by atoms with Crippen molar-refractivity contribution in [2.24, 2.45) is 20.0 Å². The van der Waals surface area contributed by atoms with Crippen molar-refractivity contribution in [2.45, 2.75) is 26.3 Å². The van der Waals surface area contributed by atoms with E-state index in [9.17, 15) is 14.4 Å². The highest BCUT2D eigenvalue weighted by atomic mass is 16.2. The predicted molar refractivity (Wildman–Crippen MR) is 84.9 cm³/mol. The number of amides is 1. The van der Waals surface area contributed by atoms with Crippen LogP contribution in [-0.4, -0.2) is 25.0 Å². The van der Waals surface area contributed by atoms with Gasteiger partial charge in [-0.15, -0.1) is 0 Å². The van der Waals surface area contributed by atoms with Crippen molar-refractivity contribution in [3.8, 4) is 0 Å². The van der Waals surface area contributed by atoms with Crippen LogP contribution in [0.25, 0.3) is 0 Å². The third kappa shape index (κ3) is 3.58. The Hall–Kier alpha value is -2.64. The van der Waals surface area contributed by atoms with Crippen LogP contribution in [0.2, 0.25) is 0 Å². The Morgan fingerprint density at radius 3 is 2.61 bits per heavy atom. The lowest BCUT2D eigenvalue weighted by Gasteiger charge is -2.22. The molecule has 0 saturated carbocycles. The van der Waals surface area contributed by atoms with Crippen molar-refractivity contribution in [1.29, 1.82) is 0 Å². The average Bonchev–Trinajstić information content (AvgIpc) is 2.91. The number of imidazole rings is 1. The molecule has 1 atom stereocenters. The van der Waals surface area contributed by atoms with Gasteiger partial charge in [0.25, 0.3) is 5.56 Å². The lowest BCUT2D eigenvalue weighted by Crippen LogP contribution is -2.38. The van der Waals surface area contributed by atoms with Gasteiger partial charge in [0.15, 0.2) is 0 Å².